The molecule has 0 saturated carbocycles. The lowest BCUT2D eigenvalue weighted by atomic mass is 10.1. The summed E-state index contributed by atoms with van der Waals surface area (Å²) in [6.07, 6.45) is 0.557. The predicted molar refractivity (Wildman–Crippen MR) is 95.0 cm³/mol. The number of aromatic nitrogens is 1. The summed E-state index contributed by atoms with van der Waals surface area (Å²) in [5.41, 5.74) is 1.11. The molecular weight excluding hydrogens is 322 g/mol. The lowest BCUT2D eigenvalue weighted by molar-refractivity contribution is -0.142. The number of fused-ring (bicyclic) bond motifs is 1. The Morgan fingerprint density at radius 3 is 2.80 bits per heavy atom. The van der Waals surface area contributed by atoms with Crippen molar-refractivity contribution in [1.29, 1.82) is 0 Å². The minimum absolute atomic E-state index is 0.167. The number of carboxylic acids is 1. The standard InChI is InChI=1S/C18H23N3O4/c1-20(2)13-8-16(18(23)24)21(10-13)9-12-6-11-7-14(25-3)4-5-15(11)19-17(12)22/h4-7,13,16H,8-10H2,1-3H3,(H,19,22)(H,23,24)/t13-,16+/m1/s1. The van der Waals surface area contributed by atoms with Crippen molar-refractivity contribution < 1.29 is 14.6 Å². The van der Waals surface area contributed by atoms with Crippen molar-refractivity contribution in [3.8, 4) is 5.75 Å². The van der Waals surface area contributed by atoms with Crippen LogP contribution < -0.4 is 10.3 Å². The molecule has 2 heterocycles. The maximum atomic E-state index is 12.4. The molecule has 2 aromatic rings. The molecule has 0 amide bonds. The summed E-state index contributed by atoms with van der Waals surface area (Å²) in [5, 5.41) is 10.4. The monoisotopic (exact) mass is 345 g/mol. The molecule has 1 saturated heterocycles. The number of benzene rings is 1. The summed E-state index contributed by atoms with van der Waals surface area (Å²) >= 11 is 0. The van der Waals surface area contributed by atoms with Crippen LogP contribution in [0, 0.1) is 0 Å². The highest BCUT2D eigenvalue weighted by atomic mass is 16.5. The van der Waals surface area contributed by atoms with Gasteiger partial charge in [-0.2, -0.15) is 0 Å². The van der Waals surface area contributed by atoms with E-state index in [-0.39, 0.29) is 11.6 Å². The van der Waals surface area contributed by atoms with Crippen LogP contribution in [0.2, 0.25) is 0 Å². The largest absolute Gasteiger partial charge is 0.497 e. The summed E-state index contributed by atoms with van der Waals surface area (Å²) in [6, 6.07) is 6.86. The average molecular weight is 345 g/mol. The van der Waals surface area contributed by atoms with Gasteiger partial charge >= 0.3 is 5.97 Å². The van der Waals surface area contributed by atoms with Gasteiger partial charge in [-0.05, 0) is 44.8 Å². The molecule has 1 aliphatic heterocycles. The average Bonchev–Trinajstić information content (AvgIpc) is 2.99. The van der Waals surface area contributed by atoms with E-state index in [2.05, 4.69) is 4.98 Å². The van der Waals surface area contributed by atoms with E-state index in [1.54, 1.807) is 19.2 Å². The molecule has 2 atom stereocenters. The molecule has 25 heavy (non-hydrogen) atoms. The Balaban J connectivity index is 1.92. The maximum Gasteiger partial charge on any atom is 0.320 e. The molecule has 1 fully saturated rings. The number of H-pyrrole nitrogens is 1. The first kappa shape index (κ1) is 17.4. The van der Waals surface area contributed by atoms with Crippen LogP contribution >= 0.6 is 0 Å². The third kappa shape index (κ3) is 3.52. The number of carbonyl (C=O) groups is 1. The van der Waals surface area contributed by atoms with Crippen LogP contribution in [-0.2, 0) is 11.3 Å². The molecule has 0 bridgehead atoms. The first-order valence-electron chi connectivity index (χ1n) is 8.22. The molecule has 1 aromatic carbocycles. The number of aromatic amines is 1. The number of hydrogen-bond acceptors (Lipinski definition) is 5. The van der Waals surface area contributed by atoms with E-state index >= 15 is 0 Å². The Morgan fingerprint density at radius 2 is 2.16 bits per heavy atom. The van der Waals surface area contributed by atoms with Crippen molar-refractivity contribution in [2.75, 3.05) is 27.7 Å². The summed E-state index contributed by atoms with van der Waals surface area (Å²) in [6.45, 7) is 0.934. The van der Waals surface area contributed by atoms with Gasteiger partial charge in [0.2, 0.25) is 0 Å². The van der Waals surface area contributed by atoms with Crippen LogP contribution in [0.15, 0.2) is 29.1 Å². The maximum absolute atomic E-state index is 12.4. The smallest absolute Gasteiger partial charge is 0.320 e. The van der Waals surface area contributed by atoms with Gasteiger partial charge in [0, 0.05) is 35.6 Å². The number of nitrogens with zero attached hydrogens (tertiary/aromatic N) is 2. The number of methoxy groups -OCH3 is 1. The van der Waals surface area contributed by atoms with Gasteiger partial charge in [-0.25, -0.2) is 0 Å². The van der Waals surface area contributed by atoms with Crippen molar-refractivity contribution in [2.45, 2.75) is 25.0 Å². The van der Waals surface area contributed by atoms with Gasteiger partial charge in [-0.15, -0.1) is 0 Å². The van der Waals surface area contributed by atoms with Gasteiger partial charge in [0.1, 0.15) is 11.8 Å². The third-order valence-corrected chi connectivity index (χ3v) is 4.90. The van der Waals surface area contributed by atoms with E-state index in [1.165, 1.54) is 0 Å². The molecule has 7 nitrogen and oxygen atoms in total. The molecule has 134 valence electrons. The fourth-order valence-corrected chi connectivity index (χ4v) is 3.38. The quantitative estimate of drug-likeness (QED) is 0.845. The van der Waals surface area contributed by atoms with Crippen molar-refractivity contribution in [3.05, 3.63) is 40.2 Å². The second-order valence-electron chi connectivity index (χ2n) is 6.71. The number of rotatable bonds is 5. The molecule has 0 aliphatic carbocycles. The van der Waals surface area contributed by atoms with Crippen LogP contribution in [0.1, 0.15) is 12.0 Å². The SMILES string of the molecule is COc1ccc2[nH]c(=O)c(CN3C[C@H](N(C)C)C[C@H]3C(=O)O)cc2c1. The van der Waals surface area contributed by atoms with Crippen LogP contribution in [0.25, 0.3) is 10.9 Å². The van der Waals surface area contributed by atoms with Gasteiger partial charge in [-0.3, -0.25) is 14.5 Å². The van der Waals surface area contributed by atoms with Gasteiger partial charge in [0.25, 0.3) is 5.56 Å². The van der Waals surface area contributed by atoms with E-state index in [0.29, 0.717) is 30.8 Å². The number of hydrogen-bond donors (Lipinski definition) is 2. The molecule has 2 N–H and O–H groups in total. The highest BCUT2D eigenvalue weighted by molar-refractivity contribution is 5.80. The van der Waals surface area contributed by atoms with Gasteiger partial charge < -0.3 is 19.7 Å². The lowest BCUT2D eigenvalue weighted by Crippen LogP contribution is -2.37. The Hall–Kier alpha value is -2.38. The van der Waals surface area contributed by atoms with Gasteiger partial charge in [0.15, 0.2) is 0 Å². The minimum atomic E-state index is -0.844. The van der Waals surface area contributed by atoms with Crippen LogP contribution in [0.5, 0.6) is 5.75 Å². The number of aliphatic carboxylic acids is 1. The predicted octanol–water partition coefficient (Wildman–Crippen LogP) is 1.13. The van der Waals surface area contributed by atoms with E-state index in [1.807, 2.05) is 36.0 Å². The number of pyridine rings is 1. The van der Waals surface area contributed by atoms with E-state index < -0.39 is 12.0 Å². The van der Waals surface area contributed by atoms with Crippen LogP contribution in [0.3, 0.4) is 0 Å². The Labute approximate surface area is 145 Å². The molecular formula is C18H23N3O4. The fourth-order valence-electron chi connectivity index (χ4n) is 3.38. The van der Waals surface area contributed by atoms with Crippen LogP contribution in [-0.4, -0.2) is 65.7 Å². The molecule has 1 aliphatic rings. The molecule has 0 unspecified atom stereocenters. The molecule has 7 heteroatoms. The summed E-state index contributed by atoms with van der Waals surface area (Å²) in [7, 11) is 5.49. The number of carboxylic acid groups (broad SMARTS) is 1. The zero-order valence-corrected chi connectivity index (χ0v) is 14.7. The Bertz CT molecular complexity index is 846. The van der Waals surface area contributed by atoms with Crippen molar-refractivity contribution >= 4 is 16.9 Å². The number of ether oxygens (including phenoxy) is 1. The first-order valence-corrected chi connectivity index (χ1v) is 8.22. The Kier molecular flexibility index (Phi) is 4.78. The zero-order valence-electron chi connectivity index (χ0n) is 14.7. The van der Waals surface area contributed by atoms with E-state index in [4.69, 9.17) is 4.74 Å². The second-order valence-corrected chi connectivity index (χ2v) is 6.71. The third-order valence-electron chi connectivity index (χ3n) is 4.90. The number of likely N-dealkylation sites (tertiary alicyclic amines) is 1. The van der Waals surface area contributed by atoms with Crippen molar-refractivity contribution in [1.82, 2.24) is 14.8 Å². The highest BCUT2D eigenvalue weighted by Gasteiger charge is 2.37. The zero-order chi connectivity index (χ0) is 18.1. The summed E-state index contributed by atoms with van der Waals surface area (Å²) in [4.78, 5) is 30.7. The fraction of sp³-hybridized carbons (Fsp3) is 0.444. The molecule has 1 aromatic heterocycles. The van der Waals surface area contributed by atoms with Crippen molar-refractivity contribution in [3.63, 3.8) is 0 Å². The van der Waals surface area contributed by atoms with Crippen LogP contribution in [0.4, 0.5) is 0 Å². The Morgan fingerprint density at radius 1 is 1.40 bits per heavy atom. The van der Waals surface area contributed by atoms with Gasteiger partial charge in [-0.1, -0.05) is 0 Å². The topological polar surface area (TPSA) is 85.9 Å². The van der Waals surface area contributed by atoms with Crippen molar-refractivity contribution in [2.24, 2.45) is 0 Å². The molecule has 0 spiro atoms. The molecule has 3 rings (SSSR count). The highest BCUT2D eigenvalue weighted by Crippen LogP contribution is 2.24. The molecule has 0 radical (unpaired) electrons. The summed E-state index contributed by atoms with van der Waals surface area (Å²) < 4.78 is 5.23. The van der Waals surface area contributed by atoms with E-state index in [9.17, 15) is 14.7 Å². The normalized spacial score (nSPS) is 21.1. The first-order chi connectivity index (χ1) is 11.9. The van der Waals surface area contributed by atoms with E-state index in [0.717, 1.165) is 10.9 Å². The number of likely N-dealkylation sites (N-methyl/N-ethyl adjacent to an activating group) is 1. The number of nitrogens with one attached hydrogen (secondary N) is 1. The summed E-state index contributed by atoms with van der Waals surface area (Å²) in [5.74, 6) is -0.133. The second kappa shape index (κ2) is 6.85. The van der Waals surface area contributed by atoms with Gasteiger partial charge in [0.05, 0.1) is 7.11 Å². The minimum Gasteiger partial charge on any atom is -0.497 e. The lowest BCUT2D eigenvalue weighted by Gasteiger charge is -2.21.